The maximum Gasteiger partial charge on any atom is 0.147 e. The minimum Gasteiger partial charge on any atom is -0.317 e. The van der Waals surface area contributed by atoms with Gasteiger partial charge in [-0.1, -0.05) is 0 Å². The number of rotatable bonds is 7. The summed E-state index contributed by atoms with van der Waals surface area (Å²) in [5, 5.41) is 7.80. The Morgan fingerprint density at radius 2 is 2.19 bits per heavy atom. The highest BCUT2D eigenvalue weighted by Gasteiger charge is 2.04. The Hall–Kier alpha value is -0.610. The van der Waals surface area contributed by atoms with Crippen LogP contribution in [-0.4, -0.2) is 39.3 Å². The van der Waals surface area contributed by atoms with Crippen molar-refractivity contribution in [3.63, 3.8) is 0 Å². The molecule has 0 amide bonds. The fourth-order valence-corrected chi connectivity index (χ4v) is 1.68. The summed E-state index contributed by atoms with van der Waals surface area (Å²) in [7, 11) is 2.16. The minimum atomic E-state index is 0.436. The smallest absolute Gasteiger partial charge is 0.147 e. The van der Waals surface area contributed by atoms with Gasteiger partial charge in [0.05, 0.1) is 5.88 Å². The molecule has 1 heterocycles. The van der Waals surface area contributed by atoms with Gasteiger partial charge in [-0.15, -0.1) is 21.8 Å². The molecule has 0 aliphatic rings. The Balaban J connectivity index is 2.21. The van der Waals surface area contributed by atoms with E-state index in [9.17, 15) is 0 Å². The van der Waals surface area contributed by atoms with Gasteiger partial charge >= 0.3 is 0 Å². The number of halogens is 1. The van der Waals surface area contributed by atoms with Crippen LogP contribution < -0.4 is 0 Å². The number of nitrogens with zero attached hydrogens (tertiary/aromatic N) is 4. The van der Waals surface area contributed by atoms with Gasteiger partial charge in [-0.05, 0) is 40.3 Å². The lowest BCUT2D eigenvalue weighted by atomic mass is 10.2. The van der Waals surface area contributed by atoms with Gasteiger partial charge in [0.2, 0.25) is 0 Å². The Bertz CT molecular complexity index is 298. The van der Waals surface area contributed by atoms with Crippen molar-refractivity contribution in [2.75, 3.05) is 13.6 Å². The van der Waals surface area contributed by atoms with Crippen molar-refractivity contribution in [3.05, 3.63) is 12.2 Å². The maximum absolute atomic E-state index is 5.75. The molecule has 92 valence electrons. The van der Waals surface area contributed by atoms with E-state index in [1.54, 1.807) is 6.33 Å². The minimum absolute atomic E-state index is 0.436. The monoisotopic (exact) mass is 244 g/mol. The number of hydrogen-bond acceptors (Lipinski definition) is 3. The van der Waals surface area contributed by atoms with Gasteiger partial charge in [-0.2, -0.15) is 0 Å². The molecule has 0 aliphatic heterocycles. The molecule has 16 heavy (non-hydrogen) atoms. The van der Waals surface area contributed by atoms with Crippen molar-refractivity contribution in [2.45, 2.75) is 45.2 Å². The van der Waals surface area contributed by atoms with Crippen LogP contribution in [0.3, 0.4) is 0 Å². The maximum atomic E-state index is 5.75. The molecule has 5 heteroatoms. The molecule has 0 N–H and O–H groups in total. The number of aromatic nitrogens is 3. The van der Waals surface area contributed by atoms with Crippen molar-refractivity contribution in [1.82, 2.24) is 19.7 Å². The standard InChI is InChI=1S/C11H21ClN4/c1-10(2)15(3)6-4-5-7-16-9-13-14-11(16)8-12/h9-10H,4-8H2,1-3H3. The quantitative estimate of drug-likeness (QED) is 0.544. The van der Waals surface area contributed by atoms with Gasteiger partial charge in [0.25, 0.3) is 0 Å². The first kappa shape index (κ1) is 13.5. The van der Waals surface area contributed by atoms with Crippen LogP contribution in [0.5, 0.6) is 0 Å². The fraction of sp³-hybridized carbons (Fsp3) is 0.818. The lowest BCUT2D eigenvalue weighted by molar-refractivity contribution is 0.266. The zero-order valence-corrected chi connectivity index (χ0v) is 11.1. The summed E-state index contributed by atoms with van der Waals surface area (Å²) in [4.78, 5) is 2.36. The van der Waals surface area contributed by atoms with Gasteiger partial charge in [-0.3, -0.25) is 0 Å². The molecular weight excluding hydrogens is 224 g/mol. The van der Waals surface area contributed by atoms with E-state index in [-0.39, 0.29) is 0 Å². The van der Waals surface area contributed by atoms with E-state index in [1.807, 2.05) is 4.57 Å². The topological polar surface area (TPSA) is 34.0 Å². The molecule has 0 spiro atoms. The van der Waals surface area contributed by atoms with Crippen LogP contribution in [0.2, 0.25) is 0 Å². The van der Waals surface area contributed by atoms with Crippen LogP contribution in [0.1, 0.15) is 32.5 Å². The summed E-state index contributed by atoms with van der Waals surface area (Å²) in [6.07, 6.45) is 4.08. The second-order valence-electron chi connectivity index (χ2n) is 4.36. The first-order valence-electron chi connectivity index (χ1n) is 5.78. The summed E-state index contributed by atoms with van der Waals surface area (Å²) in [5.74, 6) is 1.30. The van der Waals surface area contributed by atoms with E-state index in [0.29, 0.717) is 11.9 Å². The van der Waals surface area contributed by atoms with Crippen LogP contribution in [0.25, 0.3) is 0 Å². The first-order chi connectivity index (χ1) is 7.65. The lowest BCUT2D eigenvalue weighted by Gasteiger charge is -2.20. The van der Waals surface area contributed by atoms with E-state index in [1.165, 1.54) is 6.42 Å². The Morgan fingerprint density at radius 1 is 1.44 bits per heavy atom. The molecule has 0 fully saturated rings. The molecule has 0 unspecified atom stereocenters. The zero-order valence-electron chi connectivity index (χ0n) is 10.4. The molecule has 0 aromatic carbocycles. The summed E-state index contributed by atoms with van der Waals surface area (Å²) in [6, 6.07) is 0.619. The molecule has 0 saturated carbocycles. The highest BCUT2D eigenvalue weighted by Crippen LogP contribution is 2.04. The molecule has 0 aliphatic carbocycles. The average molecular weight is 245 g/mol. The van der Waals surface area contributed by atoms with Gasteiger partial charge in [0.1, 0.15) is 12.2 Å². The van der Waals surface area contributed by atoms with E-state index in [0.717, 1.165) is 25.3 Å². The summed E-state index contributed by atoms with van der Waals surface area (Å²) < 4.78 is 2.03. The van der Waals surface area contributed by atoms with Crippen molar-refractivity contribution >= 4 is 11.6 Å². The molecule has 0 atom stereocenters. The first-order valence-corrected chi connectivity index (χ1v) is 6.31. The lowest BCUT2D eigenvalue weighted by Crippen LogP contribution is -2.27. The summed E-state index contributed by atoms with van der Waals surface area (Å²) in [5.41, 5.74) is 0. The summed E-state index contributed by atoms with van der Waals surface area (Å²) in [6.45, 7) is 6.52. The van der Waals surface area contributed by atoms with E-state index in [2.05, 4.69) is 36.0 Å². The second-order valence-corrected chi connectivity index (χ2v) is 4.62. The molecule has 0 saturated heterocycles. The molecule has 1 aromatic heterocycles. The number of aryl methyl sites for hydroxylation is 1. The van der Waals surface area contributed by atoms with Crippen LogP contribution in [0, 0.1) is 0 Å². The van der Waals surface area contributed by atoms with Crippen molar-refractivity contribution < 1.29 is 0 Å². The molecule has 1 aromatic rings. The molecule has 4 nitrogen and oxygen atoms in total. The highest BCUT2D eigenvalue weighted by molar-refractivity contribution is 6.16. The third kappa shape index (κ3) is 4.10. The SMILES string of the molecule is CC(C)N(C)CCCCn1cnnc1CCl. The van der Waals surface area contributed by atoms with E-state index in [4.69, 9.17) is 11.6 Å². The third-order valence-corrected chi connectivity index (χ3v) is 3.10. The van der Waals surface area contributed by atoms with E-state index >= 15 is 0 Å². The van der Waals surface area contributed by atoms with Gasteiger partial charge < -0.3 is 9.47 Å². The average Bonchev–Trinajstić information content (AvgIpc) is 2.71. The Labute approximate surface area is 103 Å². The number of alkyl halides is 1. The largest absolute Gasteiger partial charge is 0.317 e. The van der Waals surface area contributed by atoms with Crippen LogP contribution in [0.4, 0.5) is 0 Å². The van der Waals surface area contributed by atoms with Gasteiger partial charge in [0, 0.05) is 12.6 Å². The highest BCUT2D eigenvalue weighted by atomic mass is 35.5. The Morgan fingerprint density at radius 3 is 2.81 bits per heavy atom. The second kappa shape index (κ2) is 6.86. The predicted octanol–water partition coefficient (Wildman–Crippen LogP) is 2.14. The number of hydrogen-bond donors (Lipinski definition) is 0. The molecule has 0 bridgehead atoms. The molecular formula is C11H21ClN4. The number of unbranched alkanes of at least 4 members (excludes halogenated alkanes) is 1. The fourth-order valence-electron chi connectivity index (χ4n) is 1.47. The Kier molecular flexibility index (Phi) is 5.77. The van der Waals surface area contributed by atoms with Crippen LogP contribution >= 0.6 is 11.6 Å². The van der Waals surface area contributed by atoms with Crippen molar-refractivity contribution in [2.24, 2.45) is 0 Å². The summed E-state index contributed by atoms with van der Waals surface area (Å²) >= 11 is 5.75. The van der Waals surface area contributed by atoms with Gasteiger partial charge in [-0.25, -0.2) is 0 Å². The zero-order chi connectivity index (χ0) is 12.0. The van der Waals surface area contributed by atoms with E-state index < -0.39 is 0 Å². The predicted molar refractivity (Wildman–Crippen MR) is 66.6 cm³/mol. The van der Waals surface area contributed by atoms with Crippen LogP contribution in [-0.2, 0) is 12.4 Å². The molecule has 0 radical (unpaired) electrons. The van der Waals surface area contributed by atoms with Crippen LogP contribution in [0.15, 0.2) is 6.33 Å². The normalized spacial score (nSPS) is 11.6. The molecule has 1 rings (SSSR count). The van der Waals surface area contributed by atoms with Crippen molar-refractivity contribution in [3.8, 4) is 0 Å². The van der Waals surface area contributed by atoms with Gasteiger partial charge in [0.15, 0.2) is 0 Å². The van der Waals surface area contributed by atoms with Crippen molar-refractivity contribution in [1.29, 1.82) is 0 Å². The third-order valence-electron chi connectivity index (χ3n) is 2.86.